The maximum Gasteiger partial charge on any atom is 0.310 e. The van der Waals surface area contributed by atoms with Crippen LogP contribution in [0.4, 0.5) is 0 Å². The predicted octanol–water partition coefficient (Wildman–Crippen LogP) is 17.1. The molecule has 3 amide bonds. The molecule has 3 N–H and O–H groups in total. The zero-order valence-electron chi connectivity index (χ0n) is 55.5. The molecule has 0 spiro atoms. The van der Waals surface area contributed by atoms with Crippen LogP contribution in [0.15, 0.2) is 208 Å². The number of benzene rings is 3. The first-order chi connectivity index (χ1) is 50.0. The van der Waals surface area contributed by atoms with E-state index in [1.807, 2.05) is 141 Å². The molecule has 5 atom stereocenters. The van der Waals surface area contributed by atoms with Crippen LogP contribution in [-0.4, -0.2) is 99.3 Å². The van der Waals surface area contributed by atoms with Crippen LogP contribution < -0.4 is 25.4 Å². The molecular formula is C76H70BrCl3N6O11S6. The van der Waals surface area contributed by atoms with E-state index in [-0.39, 0.29) is 66.7 Å². The zero-order chi connectivity index (χ0) is 71.9. The van der Waals surface area contributed by atoms with Crippen LogP contribution in [0.2, 0.25) is 15.1 Å². The van der Waals surface area contributed by atoms with Gasteiger partial charge in [-0.25, -0.2) is 15.0 Å². The molecule has 4 saturated heterocycles. The second kappa shape index (κ2) is 35.5. The molecule has 534 valence electrons. The average molecular weight is 1620 g/mol. The number of hydrogen-bond donors (Lipinski definition) is 3. The van der Waals surface area contributed by atoms with E-state index in [4.69, 9.17) is 63.5 Å². The number of halogens is 4. The molecule has 4 fully saturated rings. The molecule has 3 aromatic carbocycles. The molecule has 6 aromatic heterocycles. The summed E-state index contributed by atoms with van der Waals surface area (Å²) in [5.74, 6) is -0.522. The maximum absolute atomic E-state index is 14.0. The average Bonchev–Trinajstić information content (AvgIpc) is 1.71. The largest absolute Gasteiger partial charge is 0.469 e. The number of carbonyl (C=O) groups excluding carboxylic acids is 6. The number of esters is 1. The number of pyridine rings is 3. The maximum atomic E-state index is 14.0. The van der Waals surface area contributed by atoms with Gasteiger partial charge in [-0.15, -0.1) is 23.5 Å². The molecule has 0 bridgehead atoms. The van der Waals surface area contributed by atoms with Crippen molar-refractivity contribution >= 4 is 155 Å². The lowest BCUT2D eigenvalue weighted by atomic mass is 9.79. The van der Waals surface area contributed by atoms with Crippen LogP contribution in [-0.2, 0) is 59.6 Å². The minimum atomic E-state index is -1.06. The molecule has 0 saturated carbocycles. The third-order valence-electron chi connectivity index (χ3n) is 17.6. The third-order valence-corrected chi connectivity index (χ3v) is 25.2. The van der Waals surface area contributed by atoms with E-state index in [0.29, 0.717) is 107 Å². The van der Waals surface area contributed by atoms with Crippen LogP contribution in [0.1, 0.15) is 111 Å². The topological polar surface area (TPSA) is 223 Å². The summed E-state index contributed by atoms with van der Waals surface area (Å²) in [5.41, 5.74) is 1.22. The van der Waals surface area contributed by atoms with Gasteiger partial charge < -0.3 is 39.6 Å². The van der Waals surface area contributed by atoms with Crippen LogP contribution in [0.5, 0.6) is 11.8 Å². The Kier molecular flexibility index (Phi) is 26.1. The van der Waals surface area contributed by atoms with Crippen LogP contribution in [0.25, 0.3) is 0 Å². The quantitative estimate of drug-likeness (QED) is 0.0209. The minimum Gasteiger partial charge on any atom is -0.469 e. The Labute approximate surface area is 644 Å². The summed E-state index contributed by atoms with van der Waals surface area (Å²) in [5, 5.41) is 20.9. The van der Waals surface area contributed by atoms with Crippen molar-refractivity contribution in [1.29, 1.82) is 0 Å². The van der Waals surface area contributed by atoms with Gasteiger partial charge >= 0.3 is 5.97 Å². The van der Waals surface area contributed by atoms with Crippen molar-refractivity contribution in [3.63, 3.8) is 0 Å². The smallest absolute Gasteiger partial charge is 0.310 e. The van der Waals surface area contributed by atoms with Gasteiger partial charge in [-0.1, -0.05) is 147 Å². The second-order valence-corrected chi connectivity index (χ2v) is 32.5. The van der Waals surface area contributed by atoms with Crippen molar-refractivity contribution in [3.8, 4) is 11.8 Å². The predicted molar refractivity (Wildman–Crippen MR) is 410 cm³/mol. The Morgan fingerprint density at radius 1 is 0.524 bits per heavy atom. The van der Waals surface area contributed by atoms with Gasteiger partial charge in [0, 0.05) is 52.5 Å². The lowest BCUT2D eigenvalue weighted by molar-refractivity contribution is -0.140. The summed E-state index contributed by atoms with van der Waals surface area (Å²) in [4.78, 5) is 96.4. The number of rotatable bonds is 25. The van der Waals surface area contributed by atoms with Crippen molar-refractivity contribution in [2.24, 2.45) is 0 Å². The van der Waals surface area contributed by atoms with Gasteiger partial charge in [0.2, 0.25) is 23.6 Å². The monoisotopic (exact) mass is 1620 g/mol. The number of amides is 3. The second-order valence-electron chi connectivity index (χ2n) is 24.8. The number of ketones is 2. The lowest BCUT2D eigenvalue weighted by Gasteiger charge is -2.39. The molecule has 11 heterocycles. The van der Waals surface area contributed by atoms with Crippen molar-refractivity contribution in [2.75, 3.05) is 26.4 Å². The zero-order valence-corrected chi connectivity index (χ0v) is 64.3. The molecule has 103 heavy (non-hydrogen) atoms. The number of aromatic nitrogens is 3. The van der Waals surface area contributed by atoms with E-state index in [9.17, 15) is 28.8 Å². The molecule has 5 aliphatic rings. The molecule has 5 unspecified atom stereocenters. The fraction of sp³-hybridized carbons (Fsp3) is 0.303. The Morgan fingerprint density at radius 3 is 1.37 bits per heavy atom. The van der Waals surface area contributed by atoms with E-state index in [1.165, 1.54) is 95.0 Å². The van der Waals surface area contributed by atoms with Crippen LogP contribution in [0, 0.1) is 0 Å². The lowest BCUT2D eigenvalue weighted by Crippen LogP contribution is -2.58. The van der Waals surface area contributed by atoms with Gasteiger partial charge in [0.25, 0.3) is 5.91 Å². The number of nitrogens with zero attached hydrogens (tertiary/aromatic N) is 3. The Hall–Kier alpha value is -6.91. The normalized spacial score (nSPS) is 21.1. The highest BCUT2D eigenvalue weighted by Crippen LogP contribution is 2.47. The van der Waals surface area contributed by atoms with Crippen molar-refractivity contribution in [1.82, 2.24) is 30.9 Å². The number of thiophene rings is 3. The SMILES string of the molecule is CCCCCCCCCC(=O)OC1=C(Sc2ccccc2Cl)C(=O)NC(c2ccsc2)(c2cccc(OC3COC3)n2)C1.O=C1CC(c2ccsc2)(c2cccc(Br)n2)NC(=O)C1Sc1ccccc1Cl.O=C1CC(c2ccsc2)(c2cccc(OC3COC3)n2)NC(=O)C1Sc1ccccc1Cl. The summed E-state index contributed by atoms with van der Waals surface area (Å²) in [6.45, 7) is 4.29. The Bertz CT molecular complexity index is 4470. The van der Waals surface area contributed by atoms with Crippen molar-refractivity contribution < 1.29 is 52.5 Å². The van der Waals surface area contributed by atoms with Gasteiger partial charge in [-0.3, -0.25) is 28.8 Å². The van der Waals surface area contributed by atoms with E-state index >= 15 is 0 Å². The first-order valence-corrected chi connectivity index (χ1v) is 40.7. The Balaban J connectivity index is 0.000000149. The first kappa shape index (κ1) is 75.8. The van der Waals surface area contributed by atoms with E-state index in [2.05, 4.69) is 48.8 Å². The van der Waals surface area contributed by atoms with Crippen molar-refractivity contribution in [2.45, 2.75) is 132 Å². The number of ether oxygens (including phenoxy) is 5. The number of carbonyl (C=O) groups is 6. The number of thioether (sulfide) groups is 3. The highest BCUT2D eigenvalue weighted by molar-refractivity contribution is 9.10. The van der Waals surface area contributed by atoms with Crippen LogP contribution >= 0.6 is 120 Å². The van der Waals surface area contributed by atoms with Gasteiger partial charge in [0.1, 0.15) is 54.6 Å². The molecule has 0 aliphatic carbocycles. The summed E-state index contributed by atoms with van der Waals surface area (Å²) in [6, 6.07) is 43.9. The molecule has 27 heteroatoms. The number of Topliss-reactive ketones (excluding diaryl/α,β-unsaturated/α-hetero) is 2. The molecule has 0 radical (unpaired) electrons. The summed E-state index contributed by atoms with van der Waals surface area (Å²) in [6.07, 6.45) is 8.30. The van der Waals surface area contributed by atoms with Gasteiger partial charge in [-0.05, 0) is 150 Å². The summed E-state index contributed by atoms with van der Waals surface area (Å²) < 4.78 is 29.0. The highest BCUT2D eigenvalue weighted by atomic mass is 79.9. The number of unbranched alkanes of at least 4 members (excludes halogenated alkanes) is 6. The van der Waals surface area contributed by atoms with Gasteiger partial charge in [0.15, 0.2) is 11.6 Å². The van der Waals surface area contributed by atoms with E-state index < -0.39 is 27.1 Å². The number of piperidine rings is 2. The highest BCUT2D eigenvalue weighted by Gasteiger charge is 2.51. The first-order valence-electron chi connectivity index (χ1n) is 33.4. The van der Waals surface area contributed by atoms with E-state index in [0.717, 1.165) is 36.0 Å². The summed E-state index contributed by atoms with van der Waals surface area (Å²) in [7, 11) is 0. The number of hydrogen-bond acceptors (Lipinski definition) is 20. The van der Waals surface area contributed by atoms with Gasteiger partial charge in [0.05, 0.1) is 58.6 Å². The summed E-state index contributed by atoms with van der Waals surface area (Å²) >= 11 is 30.4. The molecular weight excluding hydrogens is 1550 g/mol. The van der Waals surface area contributed by atoms with Crippen molar-refractivity contribution in [3.05, 3.63) is 242 Å². The third kappa shape index (κ3) is 18.3. The Morgan fingerprint density at radius 2 is 0.951 bits per heavy atom. The minimum absolute atomic E-state index is 0.0335. The molecule has 17 nitrogen and oxygen atoms in total. The van der Waals surface area contributed by atoms with Gasteiger partial charge in [-0.2, -0.15) is 34.0 Å². The van der Waals surface area contributed by atoms with E-state index in [1.54, 1.807) is 36.4 Å². The molecule has 9 aromatic rings. The van der Waals surface area contributed by atoms with Crippen LogP contribution in [0.3, 0.4) is 0 Å². The standard InChI is InChI=1S/C33H37ClN2O5S2.C23H19ClN2O4S2.C20H14BrClN2O2S2/c1-2-3-4-5-6-7-8-16-30(37)41-26-19-33(23-17-18-42-22-23,28-14-11-15-29(35-28)40-24-20-39-21-24)36-32(38)31(26)43-27-13-10-9-12-25(27)34;24-16-4-1-2-5-18(16)32-21-17(27)10-23(26-22(21)28,14-8-9-31-13-14)19-6-3-7-20(25-19)30-15-11-29-12-15;21-17-7-3-6-16(23-17)20(12-8-9-27-11-12)10-14(25)18(19(26)24-20)28-15-5-2-1-4-13(15)22/h9-15,17-18,22,24H,2-8,16,19-21H2,1H3,(H,36,38);1-9,13,15,21H,10-12H2,(H,26,28);1-9,11,18H,10H2,(H,24,26). The fourth-order valence-corrected chi connectivity index (χ4v) is 18.3. The molecule has 5 aliphatic heterocycles. The number of nitrogens with one attached hydrogen (secondary N) is 3. The fourth-order valence-electron chi connectivity index (χ4n) is 12.1. The molecule has 14 rings (SSSR count).